The molecule has 0 aliphatic rings. The first-order valence-electron chi connectivity index (χ1n) is 6.32. The van der Waals surface area contributed by atoms with Crippen molar-refractivity contribution < 1.29 is 9.13 Å². The molecule has 0 amide bonds. The molecule has 2 nitrogen and oxygen atoms in total. The first kappa shape index (κ1) is 13.6. The normalized spacial score (nSPS) is 12.2. The summed E-state index contributed by atoms with van der Waals surface area (Å²) in [5.74, 6) is 0.624. The van der Waals surface area contributed by atoms with Crippen LogP contribution >= 0.6 is 0 Å². The topological polar surface area (TPSA) is 21.3 Å². The summed E-state index contributed by atoms with van der Waals surface area (Å²) < 4.78 is 19.8. The fraction of sp³-hybridized carbons (Fsp3) is 0.250. The second-order valence-corrected chi connectivity index (χ2v) is 4.54. The molecule has 0 radical (unpaired) electrons. The van der Waals surface area contributed by atoms with Gasteiger partial charge in [0.05, 0.1) is 0 Å². The number of hydrogen-bond acceptors (Lipinski definition) is 2. The van der Waals surface area contributed by atoms with Crippen molar-refractivity contribution in [3.05, 3.63) is 59.4 Å². The van der Waals surface area contributed by atoms with Gasteiger partial charge in [0.25, 0.3) is 0 Å². The molecule has 0 aromatic heterocycles. The van der Waals surface area contributed by atoms with Gasteiger partial charge in [-0.15, -0.1) is 0 Å². The van der Waals surface area contributed by atoms with Gasteiger partial charge >= 0.3 is 0 Å². The predicted molar refractivity (Wildman–Crippen MR) is 75.1 cm³/mol. The maximum atomic E-state index is 14.0. The molecule has 0 aliphatic carbocycles. The van der Waals surface area contributed by atoms with Crippen LogP contribution in [0.25, 0.3) is 0 Å². The van der Waals surface area contributed by atoms with Gasteiger partial charge in [0.1, 0.15) is 5.75 Å². The highest BCUT2D eigenvalue weighted by Gasteiger charge is 2.15. The highest BCUT2D eigenvalue weighted by molar-refractivity contribution is 5.42. The summed E-state index contributed by atoms with van der Waals surface area (Å²) in [5, 5.41) is 3.10. The van der Waals surface area contributed by atoms with Crippen molar-refractivity contribution in [2.24, 2.45) is 0 Å². The third-order valence-electron chi connectivity index (χ3n) is 3.20. The number of hydrogen-bond donors (Lipinski definition) is 1. The summed E-state index contributed by atoms with van der Waals surface area (Å²) in [4.78, 5) is 0. The van der Waals surface area contributed by atoms with Crippen molar-refractivity contribution in [1.29, 1.82) is 0 Å². The van der Waals surface area contributed by atoms with Crippen LogP contribution in [0.15, 0.2) is 42.5 Å². The first-order chi connectivity index (χ1) is 9.13. The molecule has 0 aliphatic heterocycles. The standard InChI is InChI=1S/C16H18FNO/c1-11-7-4-5-10-15(11)19-16-13(12(2)18-3)8-6-9-14(16)17/h4-10,12,18H,1-3H3. The Kier molecular flexibility index (Phi) is 4.17. The summed E-state index contributed by atoms with van der Waals surface area (Å²) in [7, 11) is 1.84. The Balaban J connectivity index is 2.42. The van der Waals surface area contributed by atoms with Gasteiger partial charge in [0.2, 0.25) is 0 Å². The lowest BCUT2D eigenvalue weighted by atomic mass is 10.1. The van der Waals surface area contributed by atoms with Gasteiger partial charge in [-0.1, -0.05) is 30.3 Å². The molecule has 3 heteroatoms. The highest BCUT2D eigenvalue weighted by Crippen LogP contribution is 2.33. The molecule has 0 saturated heterocycles. The van der Waals surface area contributed by atoms with Crippen LogP contribution in [0.4, 0.5) is 4.39 Å². The van der Waals surface area contributed by atoms with E-state index in [0.717, 1.165) is 11.1 Å². The Hall–Kier alpha value is -1.87. The number of aryl methyl sites for hydroxylation is 1. The van der Waals surface area contributed by atoms with Gasteiger partial charge in [-0.3, -0.25) is 0 Å². The number of nitrogens with one attached hydrogen (secondary N) is 1. The van der Waals surface area contributed by atoms with Crippen molar-refractivity contribution >= 4 is 0 Å². The lowest BCUT2D eigenvalue weighted by Gasteiger charge is -2.17. The van der Waals surface area contributed by atoms with Crippen LogP contribution in [-0.2, 0) is 0 Å². The molecule has 2 aromatic rings. The summed E-state index contributed by atoms with van der Waals surface area (Å²) in [5.41, 5.74) is 1.79. The summed E-state index contributed by atoms with van der Waals surface area (Å²) in [6.07, 6.45) is 0. The van der Waals surface area contributed by atoms with E-state index >= 15 is 0 Å². The van der Waals surface area contributed by atoms with E-state index < -0.39 is 0 Å². The van der Waals surface area contributed by atoms with E-state index in [9.17, 15) is 4.39 Å². The maximum Gasteiger partial charge on any atom is 0.167 e. The van der Waals surface area contributed by atoms with E-state index in [-0.39, 0.29) is 11.9 Å². The fourth-order valence-corrected chi connectivity index (χ4v) is 1.91. The second kappa shape index (κ2) is 5.85. The molecule has 2 rings (SSSR count). The molecule has 19 heavy (non-hydrogen) atoms. The average Bonchev–Trinajstić information content (AvgIpc) is 2.42. The van der Waals surface area contributed by atoms with Gasteiger partial charge in [0.15, 0.2) is 11.6 Å². The first-order valence-corrected chi connectivity index (χ1v) is 6.32. The largest absolute Gasteiger partial charge is 0.454 e. The zero-order valence-corrected chi connectivity index (χ0v) is 11.4. The molecule has 0 saturated carbocycles. The molecule has 0 heterocycles. The molecule has 0 spiro atoms. The quantitative estimate of drug-likeness (QED) is 0.888. The molecule has 0 bridgehead atoms. The number of para-hydroxylation sites is 2. The molecular formula is C16H18FNO. The van der Waals surface area contributed by atoms with Crippen LogP contribution in [-0.4, -0.2) is 7.05 Å². The van der Waals surface area contributed by atoms with Gasteiger partial charge in [0, 0.05) is 11.6 Å². The van der Waals surface area contributed by atoms with E-state index in [1.165, 1.54) is 6.07 Å². The molecule has 100 valence electrons. The molecule has 0 fully saturated rings. The zero-order chi connectivity index (χ0) is 13.8. The SMILES string of the molecule is CNC(C)c1cccc(F)c1Oc1ccccc1C. The van der Waals surface area contributed by atoms with E-state index in [4.69, 9.17) is 4.74 Å². The average molecular weight is 259 g/mol. The van der Waals surface area contributed by atoms with Gasteiger partial charge in [-0.2, -0.15) is 0 Å². The molecule has 1 N–H and O–H groups in total. The Morgan fingerprint density at radius 1 is 1.11 bits per heavy atom. The number of ether oxygens (including phenoxy) is 1. The van der Waals surface area contributed by atoms with Gasteiger partial charge < -0.3 is 10.1 Å². The minimum atomic E-state index is -0.345. The number of benzene rings is 2. The molecule has 1 atom stereocenters. The second-order valence-electron chi connectivity index (χ2n) is 4.54. The summed E-state index contributed by atoms with van der Waals surface area (Å²) in [6.45, 7) is 3.91. The molecule has 1 unspecified atom stereocenters. The third kappa shape index (κ3) is 2.93. The lowest BCUT2D eigenvalue weighted by molar-refractivity contribution is 0.426. The summed E-state index contributed by atoms with van der Waals surface area (Å²) in [6, 6.07) is 12.6. The Morgan fingerprint density at radius 3 is 2.53 bits per heavy atom. The van der Waals surface area contributed by atoms with Crippen LogP contribution in [0, 0.1) is 12.7 Å². The molecule has 2 aromatic carbocycles. The van der Waals surface area contributed by atoms with E-state index in [0.29, 0.717) is 11.5 Å². The third-order valence-corrected chi connectivity index (χ3v) is 3.20. The zero-order valence-electron chi connectivity index (χ0n) is 11.4. The maximum absolute atomic E-state index is 14.0. The fourth-order valence-electron chi connectivity index (χ4n) is 1.91. The van der Waals surface area contributed by atoms with Crippen LogP contribution < -0.4 is 10.1 Å². The van der Waals surface area contributed by atoms with Crippen molar-refractivity contribution in [1.82, 2.24) is 5.32 Å². The van der Waals surface area contributed by atoms with Crippen LogP contribution in [0.3, 0.4) is 0 Å². The van der Waals surface area contributed by atoms with Gasteiger partial charge in [-0.05, 0) is 38.6 Å². The summed E-state index contributed by atoms with van der Waals surface area (Å²) >= 11 is 0. The molecular weight excluding hydrogens is 241 g/mol. The van der Waals surface area contributed by atoms with Crippen LogP contribution in [0.2, 0.25) is 0 Å². The van der Waals surface area contributed by atoms with E-state index in [2.05, 4.69) is 5.32 Å². The van der Waals surface area contributed by atoms with Gasteiger partial charge in [-0.25, -0.2) is 4.39 Å². The van der Waals surface area contributed by atoms with Crippen molar-refractivity contribution in [2.45, 2.75) is 19.9 Å². The Morgan fingerprint density at radius 2 is 1.84 bits per heavy atom. The minimum absolute atomic E-state index is 0.0229. The lowest BCUT2D eigenvalue weighted by Crippen LogP contribution is -2.13. The van der Waals surface area contributed by atoms with Crippen molar-refractivity contribution in [3.8, 4) is 11.5 Å². The monoisotopic (exact) mass is 259 g/mol. The van der Waals surface area contributed by atoms with Crippen molar-refractivity contribution in [2.75, 3.05) is 7.05 Å². The van der Waals surface area contributed by atoms with E-state index in [1.807, 2.05) is 51.2 Å². The van der Waals surface area contributed by atoms with Crippen molar-refractivity contribution in [3.63, 3.8) is 0 Å². The van der Waals surface area contributed by atoms with Crippen LogP contribution in [0.1, 0.15) is 24.1 Å². The Bertz CT molecular complexity index is 568. The van der Waals surface area contributed by atoms with E-state index in [1.54, 1.807) is 6.07 Å². The Labute approximate surface area is 113 Å². The smallest absolute Gasteiger partial charge is 0.167 e. The predicted octanol–water partition coefficient (Wildman–Crippen LogP) is 4.21. The number of halogens is 1. The number of rotatable bonds is 4. The highest BCUT2D eigenvalue weighted by atomic mass is 19.1. The van der Waals surface area contributed by atoms with Crippen LogP contribution in [0.5, 0.6) is 11.5 Å². The minimum Gasteiger partial charge on any atom is -0.454 e.